The molecule has 5 nitrogen and oxygen atoms in total. The molecule has 3 aliphatic rings. The quantitative estimate of drug-likeness (QED) is 0.802. The van der Waals surface area contributed by atoms with Gasteiger partial charge in [-0.05, 0) is 64.0 Å². The van der Waals surface area contributed by atoms with Crippen LogP contribution in [0.1, 0.15) is 46.0 Å². The van der Waals surface area contributed by atoms with Crippen LogP contribution in [0.15, 0.2) is 0 Å². The number of rotatable bonds is 5. The summed E-state index contributed by atoms with van der Waals surface area (Å²) >= 11 is 0. The summed E-state index contributed by atoms with van der Waals surface area (Å²) < 4.78 is 5.30. The van der Waals surface area contributed by atoms with Gasteiger partial charge >= 0.3 is 0 Å². The molecule has 132 valence electrons. The fourth-order valence-electron chi connectivity index (χ4n) is 4.29. The molecule has 0 aromatic rings. The van der Waals surface area contributed by atoms with Crippen molar-refractivity contribution in [2.75, 3.05) is 32.9 Å². The van der Waals surface area contributed by atoms with Crippen molar-refractivity contribution in [1.82, 2.24) is 10.2 Å². The largest absolute Gasteiger partial charge is 0.395 e. The highest BCUT2D eigenvalue weighted by Gasteiger charge is 2.39. The second kappa shape index (κ2) is 7.08. The van der Waals surface area contributed by atoms with E-state index in [1.165, 1.54) is 25.9 Å². The van der Waals surface area contributed by atoms with Gasteiger partial charge in [0.15, 0.2) is 0 Å². The summed E-state index contributed by atoms with van der Waals surface area (Å²) in [6.07, 6.45) is 5.40. The third-order valence-electron chi connectivity index (χ3n) is 6.45. The highest BCUT2D eigenvalue weighted by atomic mass is 16.5. The van der Waals surface area contributed by atoms with E-state index in [1.807, 2.05) is 6.92 Å². The predicted octanol–water partition coefficient (Wildman–Crippen LogP) is 1.40. The van der Waals surface area contributed by atoms with Crippen LogP contribution in [0.5, 0.6) is 0 Å². The Morgan fingerprint density at radius 2 is 2.04 bits per heavy atom. The summed E-state index contributed by atoms with van der Waals surface area (Å²) in [6, 6.07) is 0.954. The lowest BCUT2D eigenvalue weighted by Crippen LogP contribution is -2.53. The van der Waals surface area contributed by atoms with Gasteiger partial charge in [0, 0.05) is 6.04 Å². The summed E-state index contributed by atoms with van der Waals surface area (Å²) in [4.78, 5) is 14.8. The van der Waals surface area contributed by atoms with E-state index in [-0.39, 0.29) is 18.6 Å². The predicted molar refractivity (Wildman–Crippen MR) is 89.0 cm³/mol. The molecule has 1 amide bonds. The molecule has 0 aromatic heterocycles. The number of ether oxygens (including phenoxy) is 1. The number of hydrogen-bond donors (Lipinski definition) is 2. The topological polar surface area (TPSA) is 61.8 Å². The standard InChI is InChI=1S/C18H32N2O3/c1-13(9-15-3-6-18(2,12-21)17(22)19-15)14-4-7-20(8-5-14)16-10-23-11-16/h13-16,21H,3-12H2,1-2H3,(H,19,22). The third kappa shape index (κ3) is 3.72. The number of piperidine rings is 2. The van der Waals surface area contributed by atoms with E-state index in [0.717, 1.165) is 38.4 Å². The zero-order chi connectivity index (χ0) is 16.4. The number of carbonyl (C=O) groups is 1. The van der Waals surface area contributed by atoms with Crippen molar-refractivity contribution < 1.29 is 14.6 Å². The first kappa shape index (κ1) is 17.2. The minimum absolute atomic E-state index is 0.0308. The molecule has 0 aromatic carbocycles. The van der Waals surface area contributed by atoms with Gasteiger partial charge in [-0.15, -0.1) is 0 Å². The maximum atomic E-state index is 12.2. The lowest BCUT2D eigenvalue weighted by Gasteiger charge is -2.43. The maximum Gasteiger partial charge on any atom is 0.228 e. The Morgan fingerprint density at radius 1 is 1.35 bits per heavy atom. The van der Waals surface area contributed by atoms with Gasteiger partial charge in [0.1, 0.15) is 0 Å². The molecule has 3 unspecified atom stereocenters. The molecule has 0 spiro atoms. The Bertz CT molecular complexity index is 418. The smallest absolute Gasteiger partial charge is 0.228 e. The van der Waals surface area contributed by atoms with Crippen molar-refractivity contribution in [3.05, 3.63) is 0 Å². The number of likely N-dealkylation sites (tertiary alicyclic amines) is 1. The van der Waals surface area contributed by atoms with Gasteiger partial charge in [-0.3, -0.25) is 9.69 Å². The molecule has 5 heteroatoms. The van der Waals surface area contributed by atoms with Gasteiger partial charge in [0.2, 0.25) is 5.91 Å². The molecule has 3 fully saturated rings. The Labute approximate surface area is 139 Å². The van der Waals surface area contributed by atoms with Crippen molar-refractivity contribution in [3.8, 4) is 0 Å². The number of aliphatic hydroxyl groups is 1. The Hall–Kier alpha value is -0.650. The molecule has 3 heterocycles. The Morgan fingerprint density at radius 3 is 2.57 bits per heavy atom. The lowest BCUT2D eigenvalue weighted by molar-refractivity contribution is -0.136. The molecular formula is C18H32N2O3. The molecule has 0 bridgehead atoms. The van der Waals surface area contributed by atoms with Crippen LogP contribution in [-0.4, -0.2) is 60.9 Å². The normalized spacial score (nSPS) is 35.6. The van der Waals surface area contributed by atoms with Gasteiger partial charge < -0.3 is 15.2 Å². The van der Waals surface area contributed by atoms with E-state index in [9.17, 15) is 9.90 Å². The fraction of sp³-hybridized carbons (Fsp3) is 0.944. The molecule has 2 N–H and O–H groups in total. The first-order valence-corrected chi connectivity index (χ1v) is 9.25. The van der Waals surface area contributed by atoms with Crippen molar-refractivity contribution in [2.45, 2.75) is 58.0 Å². The van der Waals surface area contributed by atoms with E-state index in [1.54, 1.807) is 0 Å². The average Bonchev–Trinajstić information content (AvgIpc) is 2.50. The van der Waals surface area contributed by atoms with E-state index < -0.39 is 5.41 Å². The second-order valence-electron chi connectivity index (χ2n) is 8.21. The van der Waals surface area contributed by atoms with Crippen LogP contribution in [0.2, 0.25) is 0 Å². The maximum absolute atomic E-state index is 12.2. The van der Waals surface area contributed by atoms with Crippen molar-refractivity contribution in [1.29, 1.82) is 0 Å². The number of carbonyl (C=O) groups excluding carboxylic acids is 1. The summed E-state index contributed by atoms with van der Waals surface area (Å²) in [6.45, 7) is 8.38. The van der Waals surface area contributed by atoms with Gasteiger partial charge in [-0.1, -0.05) is 6.92 Å². The van der Waals surface area contributed by atoms with Crippen LogP contribution >= 0.6 is 0 Å². The minimum atomic E-state index is -0.573. The minimum Gasteiger partial charge on any atom is -0.395 e. The molecule has 0 saturated carbocycles. The molecule has 3 aliphatic heterocycles. The van der Waals surface area contributed by atoms with E-state index in [4.69, 9.17) is 4.74 Å². The highest BCUT2D eigenvalue weighted by molar-refractivity contribution is 5.83. The van der Waals surface area contributed by atoms with Crippen molar-refractivity contribution >= 4 is 5.91 Å². The molecule has 0 aliphatic carbocycles. The number of nitrogens with one attached hydrogen (secondary N) is 1. The molecule has 3 atom stereocenters. The van der Waals surface area contributed by atoms with Crippen molar-refractivity contribution in [2.24, 2.45) is 17.3 Å². The summed E-state index contributed by atoms with van der Waals surface area (Å²) in [7, 11) is 0. The molecule has 3 rings (SSSR count). The number of nitrogens with zero attached hydrogens (tertiary/aromatic N) is 1. The molecule has 0 radical (unpaired) electrons. The van der Waals surface area contributed by atoms with Crippen LogP contribution in [0.3, 0.4) is 0 Å². The van der Waals surface area contributed by atoms with E-state index in [0.29, 0.717) is 12.0 Å². The van der Waals surface area contributed by atoms with E-state index in [2.05, 4.69) is 17.1 Å². The highest BCUT2D eigenvalue weighted by Crippen LogP contribution is 2.34. The third-order valence-corrected chi connectivity index (χ3v) is 6.45. The summed E-state index contributed by atoms with van der Waals surface area (Å²) in [5.74, 6) is 1.46. The Balaban J connectivity index is 1.43. The number of hydrogen-bond acceptors (Lipinski definition) is 4. The van der Waals surface area contributed by atoms with Crippen LogP contribution in [0.4, 0.5) is 0 Å². The Kier molecular flexibility index (Phi) is 5.29. The first-order valence-electron chi connectivity index (χ1n) is 9.25. The second-order valence-corrected chi connectivity index (χ2v) is 8.21. The van der Waals surface area contributed by atoms with Crippen LogP contribution < -0.4 is 5.32 Å². The van der Waals surface area contributed by atoms with Gasteiger partial charge in [0.05, 0.1) is 31.3 Å². The van der Waals surface area contributed by atoms with Gasteiger partial charge in [-0.2, -0.15) is 0 Å². The lowest BCUT2D eigenvalue weighted by atomic mass is 9.76. The van der Waals surface area contributed by atoms with Gasteiger partial charge in [0.25, 0.3) is 0 Å². The number of amides is 1. The summed E-state index contributed by atoms with van der Waals surface area (Å²) in [5.41, 5.74) is -0.573. The van der Waals surface area contributed by atoms with E-state index >= 15 is 0 Å². The van der Waals surface area contributed by atoms with Crippen LogP contribution in [-0.2, 0) is 9.53 Å². The van der Waals surface area contributed by atoms with Crippen LogP contribution in [0.25, 0.3) is 0 Å². The fourth-order valence-corrected chi connectivity index (χ4v) is 4.29. The monoisotopic (exact) mass is 324 g/mol. The van der Waals surface area contributed by atoms with Crippen LogP contribution in [0, 0.1) is 17.3 Å². The molecular weight excluding hydrogens is 292 g/mol. The van der Waals surface area contributed by atoms with Gasteiger partial charge in [-0.25, -0.2) is 0 Å². The zero-order valence-corrected chi connectivity index (χ0v) is 14.6. The number of aliphatic hydroxyl groups excluding tert-OH is 1. The van der Waals surface area contributed by atoms with Crippen molar-refractivity contribution in [3.63, 3.8) is 0 Å². The first-order chi connectivity index (χ1) is 11.0. The molecule has 3 saturated heterocycles. The summed E-state index contributed by atoms with van der Waals surface area (Å²) in [5, 5.41) is 12.6. The zero-order valence-electron chi connectivity index (χ0n) is 14.6. The SMILES string of the molecule is CC(CC1CCC(C)(CO)C(=O)N1)C1CCN(C2COC2)CC1. The molecule has 23 heavy (non-hydrogen) atoms. The average molecular weight is 324 g/mol.